The van der Waals surface area contributed by atoms with E-state index in [1.54, 1.807) is 0 Å². The third kappa shape index (κ3) is 6.41. The first-order chi connectivity index (χ1) is 23.0. The second-order valence-electron chi connectivity index (χ2n) is 12.9. The molecule has 1 aromatic heterocycles. The van der Waals surface area contributed by atoms with Crippen LogP contribution in [0.3, 0.4) is 0 Å². The highest BCUT2D eigenvalue weighted by Gasteiger charge is 2.34. The Bertz CT molecular complexity index is 1790. The van der Waals surface area contributed by atoms with Gasteiger partial charge in [0, 0.05) is 55.4 Å². The van der Waals surface area contributed by atoms with Gasteiger partial charge in [-0.25, -0.2) is 4.79 Å². The molecule has 0 aliphatic carbocycles. The number of hydrogen-bond acceptors (Lipinski definition) is 8. The second kappa shape index (κ2) is 13.5. The van der Waals surface area contributed by atoms with Crippen LogP contribution in [0.1, 0.15) is 41.6 Å². The molecule has 4 aromatic rings. The van der Waals surface area contributed by atoms with E-state index >= 15 is 0 Å². The summed E-state index contributed by atoms with van der Waals surface area (Å²) in [6.45, 7) is 7.23. The van der Waals surface area contributed by atoms with Gasteiger partial charge in [0.2, 0.25) is 0 Å². The predicted molar refractivity (Wildman–Crippen MR) is 182 cm³/mol. The Morgan fingerprint density at radius 3 is 2.62 bits per heavy atom. The first-order valence-electron chi connectivity index (χ1n) is 16.6. The molecular weight excluding hydrogens is 590 g/mol. The number of aryl methyl sites for hydroxylation is 1. The molecule has 4 heterocycles. The van der Waals surface area contributed by atoms with Crippen LogP contribution in [-0.2, 0) is 19.5 Å². The van der Waals surface area contributed by atoms with Gasteiger partial charge in [-0.05, 0) is 55.3 Å². The SMILES string of the molecule is Cc1cccc2cccc(N3CCc4c(nc(OCC5CCCN5Cc5ccccc5)nc4N4CCN(C(=O)O)C(CC#N)C4)C3)c12. The van der Waals surface area contributed by atoms with Crippen LogP contribution in [-0.4, -0.2) is 82.4 Å². The van der Waals surface area contributed by atoms with Crippen LogP contribution in [0.2, 0.25) is 0 Å². The first-order valence-corrected chi connectivity index (χ1v) is 16.6. The van der Waals surface area contributed by atoms with Crippen molar-refractivity contribution in [2.75, 3.05) is 49.1 Å². The van der Waals surface area contributed by atoms with Gasteiger partial charge in [-0.2, -0.15) is 15.2 Å². The number of nitrogens with zero attached hydrogens (tertiary/aromatic N) is 7. The van der Waals surface area contributed by atoms with E-state index in [4.69, 9.17) is 14.7 Å². The van der Waals surface area contributed by atoms with E-state index in [9.17, 15) is 15.2 Å². The molecule has 1 N–H and O–H groups in total. The summed E-state index contributed by atoms with van der Waals surface area (Å²) in [6, 6.07) is 25.8. The lowest BCUT2D eigenvalue weighted by molar-refractivity contribution is 0.118. The van der Waals surface area contributed by atoms with E-state index in [1.165, 1.54) is 32.5 Å². The van der Waals surface area contributed by atoms with Crippen molar-refractivity contribution in [3.05, 3.63) is 89.1 Å². The number of rotatable bonds is 8. The Labute approximate surface area is 275 Å². The summed E-state index contributed by atoms with van der Waals surface area (Å²) in [5, 5.41) is 21.8. The van der Waals surface area contributed by atoms with E-state index < -0.39 is 12.1 Å². The third-order valence-corrected chi connectivity index (χ3v) is 9.94. The molecule has 0 spiro atoms. The number of ether oxygens (including phenoxy) is 1. The predicted octanol–water partition coefficient (Wildman–Crippen LogP) is 5.63. The number of nitriles is 1. The lowest BCUT2D eigenvalue weighted by Gasteiger charge is -2.41. The minimum absolute atomic E-state index is 0.132. The highest BCUT2D eigenvalue weighted by molar-refractivity contribution is 5.97. The molecular formula is C37H41N7O3. The Hall–Kier alpha value is -4.88. The molecule has 0 saturated carbocycles. The summed E-state index contributed by atoms with van der Waals surface area (Å²) in [5.74, 6) is 0.805. The van der Waals surface area contributed by atoms with Crippen molar-refractivity contribution in [3.63, 3.8) is 0 Å². The van der Waals surface area contributed by atoms with Gasteiger partial charge in [-0.3, -0.25) is 4.90 Å². The molecule has 0 radical (unpaired) electrons. The van der Waals surface area contributed by atoms with Gasteiger partial charge >= 0.3 is 12.1 Å². The van der Waals surface area contributed by atoms with Crippen LogP contribution in [0.25, 0.3) is 10.8 Å². The summed E-state index contributed by atoms with van der Waals surface area (Å²) in [7, 11) is 0. The third-order valence-electron chi connectivity index (χ3n) is 9.94. The largest absolute Gasteiger partial charge is 0.465 e. The van der Waals surface area contributed by atoms with E-state index in [1.807, 2.05) is 6.07 Å². The number of carboxylic acid groups (broad SMARTS) is 1. The van der Waals surface area contributed by atoms with Crippen LogP contribution in [0, 0.1) is 18.3 Å². The minimum Gasteiger partial charge on any atom is -0.465 e. The zero-order valence-electron chi connectivity index (χ0n) is 26.9. The number of fused-ring (bicyclic) bond motifs is 2. The van der Waals surface area contributed by atoms with E-state index in [-0.39, 0.29) is 12.5 Å². The summed E-state index contributed by atoms with van der Waals surface area (Å²) in [4.78, 5) is 30.4. The number of aromatic nitrogens is 2. The number of amides is 1. The zero-order chi connectivity index (χ0) is 32.3. The molecule has 10 heteroatoms. The molecule has 3 aromatic carbocycles. The van der Waals surface area contributed by atoms with E-state index in [2.05, 4.69) is 88.4 Å². The Balaban J connectivity index is 1.19. The van der Waals surface area contributed by atoms with Crippen LogP contribution in [0.4, 0.5) is 16.3 Å². The average Bonchev–Trinajstić information content (AvgIpc) is 3.53. The maximum atomic E-state index is 12.0. The van der Waals surface area contributed by atoms with Gasteiger partial charge in [0.15, 0.2) is 0 Å². The topological polar surface area (TPSA) is 109 Å². The molecule has 2 saturated heterocycles. The first kappa shape index (κ1) is 30.8. The van der Waals surface area contributed by atoms with Crippen molar-refractivity contribution in [2.45, 2.75) is 57.8 Å². The molecule has 2 atom stereocenters. The fraction of sp³-hybridized carbons (Fsp3) is 0.405. The van der Waals surface area contributed by atoms with Crippen molar-refractivity contribution < 1.29 is 14.6 Å². The molecule has 10 nitrogen and oxygen atoms in total. The number of piperazine rings is 1. The molecule has 242 valence electrons. The number of benzene rings is 3. The molecule has 3 aliphatic rings. The average molecular weight is 632 g/mol. The Morgan fingerprint density at radius 1 is 0.979 bits per heavy atom. The summed E-state index contributed by atoms with van der Waals surface area (Å²) in [6.07, 6.45) is 2.09. The highest BCUT2D eigenvalue weighted by atomic mass is 16.5. The smallest absolute Gasteiger partial charge is 0.407 e. The summed E-state index contributed by atoms with van der Waals surface area (Å²) in [5.41, 5.74) is 5.75. The van der Waals surface area contributed by atoms with Gasteiger partial charge in [0.05, 0.1) is 30.8 Å². The van der Waals surface area contributed by atoms with Crippen LogP contribution in [0.15, 0.2) is 66.7 Å². The molecule has 7 rings (SSSR count). The van der Waals surface area contributed by atoms with Gasteiger partial charge in [0.1, 0.15) is 12.4 Å². The minimum atomic E-state index is -0.990. The number of carbonyl (C=O) groups is 1. The van der Waals surface area contributed by atoms with Crippen LogP contribution >= 0.6 is 0 Å². The monoisotopic (exact) mass is 631 g/mol. The fourth-order valence-electron chi connectivity index (χ4n) is 7.55. The summed E-state index contributed by atoms with van der Waals surface area (Å²) >= 11 is 0. The maximum absolute atomic E-state index is 12.0. The number of anilines is 2. The van der Waals surface area contributed by atoms with E-state index in [0.717, 1.165) is 56.0 Å². The molecule has 3 aliphatic heterocycles. The van der Waals surface area contributed by atoms with Crippen molar-refractivity contribution in [1.29, 1.82) is 5.26 Å². The van der Waals surface area contributed by atoms with Gasteiger partial charge in [-0.15, -0.1) is 0 Å². The Kier molecular flexibility index (Phi) is 8.81. The normalized spacial score (nSPS) is 19.9. The van der Waals surface area contributed by atoms with Crippen LogP contribution < -0.4 is 14.5 Å². The lowest BCUT2D eigenvalue weighted by atomic mass is 9.99. The van der Waals surface area contributed by atoms with Crippen molar-refractivity contribution >= 4 is 28.4 Å². The van der Waals surface area contributed by atoms with Gasteiger partial charge < -0.3 is 24.5 Å². The lowest BCUT2D eigenvalue weighted by Crippen LogP contribution is -2.55. The molecule has 47 heavy (non-hydrogen) atoms. The van der Waals surface area contributed by atoms with E-state index in [0.29, 0.717) is 38.8 Å². The van der Waals surface area contributed by atoms with Crippen LogP contribution in [0.5, 0.6) is 6.01 Å². The highest BCUT2D eigenvalue weighted by Crippen LogP contribution is 2.36. The second-order valence-corrected chi connectivity index (χ2v) is 12.9. The quantitative estimate of drug-likeness (QED) is 0.265. The number of likely N-dealkylation sites (tertiary alicyclic amines) is 1. The van der Waals surface area contributed by atoms with Gasteiger partial charge in [0.25, 0.3) is 0 Å². The summed E-state index contributed by atoms with van der Waals surface area (Å²) < 4.78 is 6.45. The molecule has 1 amide bonds. The standard InChI is InChI=1S/C37H41N7O3/c1-26-8-5-11-28-12-6-14-33(34(26)28)42-19-16-31-32(24-42)39-36(40-35(31)43-20-21-44(37(45)46)29(23-43)15-17-38)47-25-30-13-7-18-41(30)22-27-9-3-2-4-10-27/h2-6,8-12,14,29-30H,7,13,15-16,18-25H2,1H3,(H,45,46). The Morgan fingerprint density at radius 2 is 1.81 bits per heavy atom. The van der Waals surface area contributed by atoms with Crippen molar-refractivity contribution in [2.24, 2.45) is 0 Å². The maximum Gasteiger partial charge on any atom is 0.407 e. The molecule has 0 bridgehead atoms. The van der Waals surface area contributed by atoms with Gasteiger partial charge in [-0.1, -0.05) is 60.7 Å². The zero-order valence-corrected chi connectivity index (χ0v) is 26.9. The van der Waals surface area contributed by atoms with Crippen molar-refractivity contribution in [1.82, 2.24) is 19.8 Å². The molecule has 2 unspecified atom stereocenters. The molecule has 2 fully saturated rings. The van der Waals surface area contributed by atoms with Crippen molar-refractivity contribution in [3.8, 4) is 12.1 Å². The fourth-order valence-corrected chi connectivity index (χ4v) is 7.55. The number of hydrogen-bond donors (Lipinski definition) is 1.